The number of alkyl halides is 6. The maximum Gasteiger partial charge on any atom is 0.418 e. The van der Waals surface area contributed by atoms with E-state index in [9.17, 15) is 31.1 Å². The first-order valence-corrected chi connectivity index (χ1v) is 5.14. The fourth-order valence-electron chi connectivity index (χ4n) is 1.39. The van der Waals surface area contributed by atoms with Gasteiger partial charge >= 0.3 is 12.4 Å². The molecular weight excluding hydrogens is 276 g/mol. The largest absolute Gasteiger partial charge is 0.418 e. The number of anilines is 1. The third-order valence-corrected chi connectivity index (χ3v) is 2.26. The number of hydrogen-bond acceptors (Lipinski definition) is 1. The second-order valence-electron chi connectivity index (χ2n) is 3.63. The highest BCUT2D eigenvalue weighted by atomic mass is 19.4. The van der Waals surface area contributed by atoms with Crippen LogP contribution in [0.3, 0.4) is 0 Å². The Kier molecular flexibility index (Phi) is 4.12. The van der Waals surface area contributed by atoms with Crippen LogP contribution in [0.4, 0.5) is 32.0 Å². The van der Waals surface area contributed by atoms with Crippen LogP contribution < -0.4 is 5.32 Å². The van der Waals surface area contributed by atoms with Gasteiger partial charge in [0.2, 0.25) is 5.91 Å². The molecule has 0 fully saturated rings. The van der Waals surface area contributed by atoms with Gasteiger partial charge < -0.3 is 5.32 Å². The van der Waals surface area contributed by atoms with Crippen LogP contribution in [0.15, 0.2) is 18.2 Å². The maximum atomic E-state index is 12.7. The minimum absolute atomic E-state index is 0.233. The lowest BCUT2D eigenvalue weighted by Crippen LogP contribution is -2.20. The van der Waals surface area contributed by atoms with Crippen molar-refractivity contribution in [2.45, 2.75) is 25.7 Å². The first kappa shape index (κ1) is 15.3. The van der Waals surface area contributed by atoms with E-state index in [0.717, 1.165) is 0 Å². The highest BCUT2D eigenvalue weighted by Gasteiger charge is 2.41. The van der Waals surface area contributed by atoms with Gasteiger partial charge in [-0.1, -0.05) is 13.0 Å². The average molecular weight is 285 g/mol. The number of carbonyl (C=O) groups excluding carboxylic acids is 1. The van der Waals surface area contributed by atoms with Crippen LogP contribution in [0.1, 0.15) is 24.5 Å². The number of amides is 1. The van der Waals surface area contributed by atoms with Crippen molar-refractivity contribution >= 4 is 11.6 Å². The monoisotopic (exact) mass is 285 g/mol. The van der Waals surface area contributed by atoms with Gasteiger partial charge in [-0.05, 0) is 12.1 Å². The van der Waals surface area contributed by atoms with Crippen molar-refractivity contribution in [3.63, 3.8) is 0 Å². The number of carbonyl (C=O) groups is 1. The van der Waals surface area contributed by atoms with Crippen LogP contribution >= 0.6 is 0 Å². The second-order valence-corrected chi connectivity index (χ2v) is 3.63. The Bertz CT molecular complexity index is 445. The van der Waals surface area contributed by atoms with Gasteiger partial charge in [0, 0.05) is 6.42 Å². The molecule has 1 aromatic carbocycles. The minimum atomic E-state index is -4.99. The molecule has 0 heterocycles. The fourth-order valence-corrected chi connectivity index (χ4v) is 1.39. The summed E-state index contributed by atoms with van der Waals surface area (Å²) in [7, 11) is 0. The number of hydrogen-bond donors (Lipinski definition) is 1. The quantitative estimate of drug-likeness (QED) is 0.815. The molecule has 0 bridgehead atoms. The summed E-state index contributed by atoms with van der Waals surface area (Å²) >= 11 is 0. The van der Waals surface area contributed by atoms with Gasteiger partial charge in [0.05, 0.1) is 16.8 Å². The predicted molar refractivity (Wildman–Crippen MR) is 55.4 cm³/mol. The van der Waals surface area contributed by atoms with E-state index in [0.29, 0.717) is 18.2 Å². The Hall–Kier alpha value is -1.73. The van der Waals surface area contributed by atoms with Crippen LogP contribution in [0, 0.1) is 0 Å². The Morgan fingerprint density at radius 1 is 1.05 bits per heavy atom. The van der Waals surface area contributed by atoms with Crippen LogP contribution in [0.2, 0.25) is 0 Å². The summed E-state index contributed by atoms with van der Waals surface area (Å²) < 4.78 is 75.9. The number of rotatable bonds is 2. The fraction of sp³-hybridized carbons (Fsp3) is 0.364. The van der Waals surface area contributed by atoms with Crippen molar-refractivity contribution in [1.29, 1.82) is 0 Å². The molecular formula is C11H9F6NO. The van der Waals surface area contributed by atoms with Crippen molar-refractivity contribution in [2.75, 3.05) is 5.32 Å². The lowest BCUT2D eigenvalue weighted by Gasteiger charge is -2.18. The Morgan fingerprint density at radius 2 is 1.47 bits per heavy atom. The van der Waals surface area contributed by atoms with Crippen LogP contribution in [0.5, 0.6) is 0 Å². The molecule has 2 nitrogen and oxygen atoms in total. The molecule has 0 aliphatic carbocycles. The normalized spacial score (nSPS) is 12.4. The average Bonchev–Trinajstić information content (AvgIpc) is 2.26. The van der Waals surface area contributed by atoms with E-state index in [-0.39, 0.29) is 6.42 Å². The van der Waals surface area contributed by atoms with E-state index in [4.69, 9.17) is 0 Å². The summed E-state index contributed by atoms with van der Waals surface area (Å²) in [4.78, 5) is 11.1. The third kappa shape index (κ3) is 3.62. The maximum absolute atomic E-state index is 12.7. The molecule has 106 valence electrons. The van der Waals surface area contributed by atoms with Crippen LogP contribution in [0.25, 0.3) is 0 Å². The van der Waals surface area contributed by atoms with Gasteiger partial charge in [0.1, 0.15) is 0 Å². The molecule has 19 heavy (non-hydrogen) atoms. The topological polar surface area (TPSA) is 29.1 Å². The highest BCUT2D eigenvalue weighted by molar-refractivity contribution is 5.92. The van der Waals surface area contributed by atoms with E-state index in [2.05, 4.69) is 0 Å². The van der Waals surface area contributed by atoms with E-state index in [1.54, 1.807) is 5.32 Å². The molecule has 8 heteroatoms. The summed E-state index contributed by atoms with van der Waals surface area (Å²) in [6.45, 7) is 1.32. The van der Waals surface area contributed by atoms with Gasteiger partial charge in [-0.2, -0.15) is 26.3 Å². The van der Waals surface area contributed by atoms with Crippen molar-refractivity contribution < 1.29 is 31.1 Å². The number of benzene rings is 1. The zero-order valence-corrected chi connectivity index (χ0v) is 9.62. The first-order valence-electron chi connectivity index (χ1n) is 5.14. The molecule has 0 unspecified atom stereocenters. The van der Waals surface area contributed by atoms with Gasteiger partial charge in [0.15, 0.2) is 0 Å². The molecule has 0 saturated carbocycles. The summed E-state index contributed by atoms with van der Waals surface area (Å²) in [5, 5.41) is 1.66. The minimum Gasteiger partial charge on any atom is -0.325 e. The van der Waals surface area contributed by atoms with Gasteiger partial charge in [0.25, 0.3) is 0 Å². The lowest BCUT2D eigenvalue weighted by molar-refractivity contribution is -0.141. The molecule has 0 aliphatic rings. The molecule has 0 radical (unpaired) electrons. The van der Waals surface area contributed by atoms with Crippen molar-refractivity contribution in [3.8, 4) is 0 Å². The molecule has 1 amide bonds. The smallest absolute Gasteiger partial charge is 0.325 e. The zero-order valence-electron chi connectivity index (χ0n) is 9.62. The van der Waals surface area contributed by atoms with Crippen molar-refractivity contribution in [3.05, 3.63) is 29.3 Å². The third-order valence-electron chi connectivity index (χ3n) is 2.26. The molecule has 0 spiro atoms. The van der Waals surface area contributed by atoms with Crippen LogP contribution in [-0.4, -0.2) is 5.91 Å². The van der Waals surface area contributed by atoms with Crippen molar-refractivity contribution in [1.82, 2.24) is 0 Å². The Morgan fingerprint density at radius 3 is 1.79 bits per heavy atom. The van der Waals surface area contributed by atoms with Gasteiger partial charge in [-0.3, -0.25) is 4.79 Å². The molecule has 1 N–H and O–H groups in total. The van der Waals surface area contributed by atoms with E-state index >= 15 is 0 Å². The van der Waals surface area contributed by atoms with E-state index < -0.39 is 35.1 Å². The molecule has 1 rings (SSSR count). The Balaban J connectivity index is 3.45. The SMILES string of the molecule is CCC(=O)Nc1c(C(F)(F)F)cccc1C(F)(F)F. The van der Waals surface area contributed by atoms with Gasteiger partial charge in [-0.15, -0.1) is 0 Å². The molecule has 0 saturated heterocycles. The molecule has 0 aliphatic heterocycles. The molecule has 1 aromatic rings. The second kappa shape index (κ2) is 5.10. The van der Waals surface area contributed by atoms with Crippen LogP contribution in [-0.2, 0) is 17.1 Å². The molecule has 0 atom stereocenters. The summed E-state index contributed by atoms with van der Waals surface area (Å²) in [6, 6.07) is 1.62. The zero-order chi connectivity index (χ0) is 14.8. The Labute approximate surface area is 104 Å². The first-order chi connectivity index (χ1) is 8.57. The summed E-state index contributed by atoms with van der Waals surface area (Å²) in [5.74, 6) is -0.929. The highest BCUT2D eigenvalue weighted by Crippen LogP contribution is 2.42. The van der Waals surface area contributed by atoms with Gasteiger partial charge in [-0.25, -0.2) is 0 Å². The van der Waals surface area contributed by atoms with E-state index in [1.807, 2.05) is 0 Å². The summed E-state index contributed by atoms with van der Waals surface area (Å²) in [6.07, 6.45) is -10.2. The predicted octanol–water partition coefficient (Wildman–Crippen LogP) is 4.07. The number of para-hydroxylation sites is 1. The van der Waals surface area contributed by atoms with E-state index in [1.165, 1.54) is 6.92 Å². The number of halogens is 6. The standard InChI is InChI=1S/C11H9F6NO/c1-2-8(19)18-9-6(10(12,13)14)4-3-5-7(9)11(15,16)17/h3-5H,2H2,1H3,(H,18,19). The lowest BCUT2D eigenvalue weighted by atomic mass is 10.1. The number of nitrogens with one attached hydrogen (secondary N) is 1. The summed E-state index contributed by atoms with van der Waals surface area (Å²) in [5.41, 5.74) is -4.30. The molecule has 0 aromatic heterocycles. The van der Waals surface area contributed by atoms with Crippen molar-refractivity contribution in [2.24, 2.45) is 0 Å².